The maximum atomic E-state index is 12.0. The molecule has 0 saturated carbocycles. The van der Waals surface area contributed by atoms with Crippen molar-refractivity contribution in [1.29, 1.82) is 0 Å². The van der Waals surface area contributed by atoms with Gasteiger partial charge in [0.2, 0.25) is 5.88 Å². The highest BCUT2D eigenvalue weighted by Gasteiger charge is 2.16. The van der Waals surface area contributed by atoms with Gasteiger partial charge in [-0.3, -0.25) is 4.79 Å². The van der Waals surface area contributed by atoms with Gasteiger partial charge in [-0.05, 0) is 37.1 Å². The zero-order valence-electron chi connectivity index (χ0n) is 12.9. The van der Waals surface area contributed by atoms with E-state index in [2.05, 4.69) is 26.4 Å². The van der Waals surface area contributed by atoms with Crippen LogP contribution in [0.2, 0.25) is 0 Å². The third-order valence-electron chi connectivity index (χ3n) is 3.44. The molecule has 1 N–H and O–H groups in total. The zero-order chi connectivity index (χ0) is 16.8. The second kappa shape index (κ2) is 8.23. The Labute approximate surface area is 148 Å². The molecule has 2 heterocycles. The molecule has 6 nitrogen and oxygen atoms in total. The lowest BCUT2D eigenvalue weighted by Crippen LogP contribution is -2.33. The Morgan fingerprint density at radius 2 is 2.21 bits per heavy atom. The number of hydroxylamine groups is 1. The number of benzene rings is 1. The summed E-state index contributed by atoms with van der Waals surface area (Å²) in [5.41, 5.74) is 2.78. The molecule has 1 fully saturated rings. The van der Waals surface area contributed by atoms with E-state index in [-0.39, 0.29) is 12.2 Å². The van der Waals surface area contributed by atoms with Crippen LogP contribution in [0.3, 0.4) is 0 Å². The molecule has 1 aliphatic heterocycles. The average molecular weight is 393 g/mol. The van der Waals surface area contributed by atoms with E-state index in [4.69, 9.17) is 14.3 Å². The summed E-state index contributed by atoms with van der Waals surface area (Å²) in [6.07, 6.45) is 3.89. The smallest absolute Gasteiger partial charge is 0.276 e. The summed E-state index contributed by atoms with van der Waals surface area (Å²) >= 11 is 3.38. The second-order valence-corrected chi connectivity index (χ2v) is 6.21. The van der Waals surface area contributed by atoms with Crippen LogP contribution < -0.4 is 10.2 Å². The number of ether oxygens (including phenoxy) is 2. The lowest BCUT2D eigenvalue weighted by molar-refractivity contribution is -0.186. The van der Waals surface area contributed by atoms with Gasteiger partial charge in [0.1, 0.15) is 5.75 Å². The molecule has 1 aromatic heterocycles. The van der Waals surface area contributed by atoms with E-state index < -0.39 is 0 Å². The largest absolute Gasteiger partial charge is 0.439 e. The van der Waals surface area contributed by atoms with E-state index in [0.717, 1.165) is 23.7 Å². The number of carbonyl (C=O) groups is 1. The van der Waals surface area contributed by atoms with Crippen molar-refractivity contribution in [2.75, 3.05) is 6.61 Å². The van der Waals surface area contributed by atoms with Crippen LogP contribution in [0.15, 0.2) is 47.1 Å². The normalized spacial score (nSPS) is 17.3. The Bertz CT molecular complexity index is 687. The lowest BCUT2D eigenvalue weighted by atomic mass is 10.2. The lowest BCUT2D eigenvalue weighted by Gasteiger charge is -2.22. The number of pyridine rings is 1. The highest BCUT2D eigenvalue weighted by atomic mass is 79.9. The SMILES string of the molecule is O=C(NO[C@H]1CCCCO1)c1ccc(Oc2cccc(Br)c2)nc1. The number of hydrogen-bond acceptors (Lipinski definition) is 5. The maximum Gasteiger partial charge on any atom is 0.276 e. The molecule has 24 heavy (non-hydrogen) atoms. The Hall–Kier alpha value is -1.96. The minimum absolute atomic E-state index is 0.370. The molecule has 1 atom stereocenters. The van der Waals surface area contributed by atoms with E-state index in [1.54, 1.807) is 12.1 Å². The highest BCUT2D eigenvalue weighted by molar-refractivity contribution is 9.10. The summed E-state index contributed by atoms with van der Waals surface area (Å²) < 4.78 is 11.9. The van der Waals surface area contributed by atoms with E-state index in [1.165, 1.54) is 6.20 Å². The first-order valence-electron chi connectivity index (χ1n) is 7.68. The van der Waals surface area contributed by atoms with Crippen molar-refractivity contribution in [2.24, 2.45) is 0 Å². The van der Waals surface area contributed by atoms with Gasteiger partial charge in [-0.25, -0.2) is 15.3 Å². The number of nitrogens with zero attached hydrogens (tertiary/aromatic N) is 1. The van der Waals surface area contributed by atoms with Crippen LogP contribution in [-0.4, -0.2) is 23.8 Å². The quantitative estimate of drug-likeness (QED) is 0.783. The second-order valence-electron chi connectivity index (χ2n) is 5.29. The first-order chi connectivity index (χ1) is 11.7. The van der Waals surface area contributed by atoms with Crippen molar-refractivity contribution in [2.45, 2.75) is 25.6 Å². The Morgan fingerprint density at radius 1 is 1.29 bits per heavy atom. The number of halogens is 1. The van der Waals surface area contributed by atoms with Crippen molar-refractivity contribution in [3.8, 4) is 11.6 Å². The van der Waals surface area contributed by atoms with Crippen LogP contribution >= 0.6 is 15.9 Å². The van der Waals surface area contributed by atoms with Crippen molar-refractivity contribution in [3.05, 3.63) is 52.6 Å². The number of carbonyl (C=O) groups excluding carboxylic acids is 1. The number of hydrogen-bond donors (Lipinski definition) is 1. The summed E-state index contributed by atoms with van der Waals surface area (Å²) in [5, 5.41) is 0. The van der Waals surface area contributed by atoms with Crippen molar-refractivity contribution in [1.82, 2.24) is 10.5 Å². The van der Waals surface area contributed by atoms with Gasteiger partial charge in [-0.15, -0.1) is 0 Å². The van der Waals surface area contributed by atoms with Crippen LogP contribution in [0.5, 0.6) is 11.6 Å². The molecule has 1 aliphatic rings. The first kappa shape index (κ1) is 16.9. The van der Waals surface area contributed by atoms with E-state index >= 15 is 0 Å². The van der Waals surface area contributed by atoms with Gasteiger partial charge in [-0.2, -0.15) is 0 Å². The third-order valence-corrected chi connectivity index (χ3v) is 3.93. The monoisotopic (exact) mass is 392 g/mol. The van der Waals surface area contributed by atoms with Crippen molar-refractivity contribution >= 4 is 21.8 Å². The third kappa shape index (κ3) is 4.77. The van der Waals surface area contributed by atoms with Crippen molar-refractivity contribution < 1.29 is 19.1 Å². The number of amides is 1. The summed E-state index contributed by atoms with van der Waals surface area (Å²) in [4.78, 5) is 21.4. The van der Waals surface area contributed by atoms with Gasteiger partial charge in [0.05, 0.1) is 5.56 Å². The van der Waals surface area contributed by atoms with Gasteiger partial charge in [0.25, 0.3) is 5.91 Å². The standard InChI is InChI=1S/C17H17BrN2O4/c18-13-4-3-5-14(10-13)23-15-8-7-12(11-19-15)17(21)20-24-16-6-1-2-9-22-16/h3-5,7-8,10-11,16H,1-2,6,9H2,(H,20,21)/t16-/m0/s1. The zero-order valence-corrected chi connectivity index (χ0v) is 14.5. The Balaban J connectivity index is 1.54. The molecular formula is C17H17BrN2O4. The van der Waals surface area contributed by atoms with Crippen LogP contribution in [0.4, 0.5) is 0 Å². The predicted octanol–water partition coefficient (Wildman–Crippen LogP) is 3.82. The molecule has 3 rings (SSSR count). The maximum absolute atomic E-state index is 12.0. The Morgan fingerprint density at radius 3 is 2.92 bits per heavy atom. The topological polar surface area (TPSA) is 69.7 Å². The minimum Gasteiger partial charge on any atom is -0.439 e. The fourth-order valence-corrected chi connectivity index (χ4v) is 2.59. The molecular weight excluding hydrogens is 376 g/mol. The minimum atomic E-state index is -0.380. The van der Waals surface area contributed by atoms with E-state index in [0.29, 0.717) is 23.8 Å². The average Bonchev–Trinajstić information content (AvgIpc) is 2.61. The van der Waals surface area contributed by atoms with Gasteiger partial charge in [0.15, 0.2) is 6.29 Å². The molecule has 2 aromatic rings. The molecule has 0 unspecified atom stereocenters. The number of nitrogens with one attached hydrogen (secondary N) is 1. The van der Waals surface area contributed by atoms with Crippen molar-refractivity contribution in [3.63, 3.8) is 0 Å². The fraction of sp³-hybridized carbons (Fsp3) is 0.294. The molecule has 0 aliphatic carbocycles. The number of rotatable bonds is 5. The van der Waals surface area contributed by atoms with Gasteiger partial charge in [-0.1, -0.05) is 22.0 Å². The van der Waals surface area contributed by atoms with E-state index in [1.807, 2.05) is 24.3 Å². The summed E-state index contributed by atoms with van der Waals surface area (Å²) in [7, 11) is 0. The van der Waals surface area contributed by atoms with Crippen LogP contribution in [0.1, 0.15) is 29.6 Å². The predicted molar refractivity (Wildman–Crippen MR) is 90.6 cm³/mol. The van der Waals surface area contributed by atoms with Crippen LogP contribution in [-0.2, 0) is 9.57 Å². The molecule has 1 saturated heterocycles. The van der Waals surface area contributed by atoms with Crippen LogP contribution in [0.25, 0.3) is 0 Å². The molecule has 0 radical (unpaired) electrons. The molecule has 1 amide bonds. The Kier molecular flexibility index (Phi) is 5.79. The highest BCUT2D eigenvalue weighted by Crippen LogP contribution is 2.23. The van der Waals surface area contributed by atoms with Gasteiger partial charge in [0, 0.05) is 29.8 Å². The van der Waals surface area contributed by atoms with Gasteiger partial charge >= 0.3 is 0 Å². The first-order valence-corrected chi connectivity index (χ1v) is 8.47. The summed E-state index contributed by atoms with van der Waals surface area (Å²) in [5.74, 6) is 0.693. The van der Waals surface area contributed by atoms with Crippen LogP contribution in [0, 0.1) is 0 Å². The summed E-state index contributed by atoms with van der Waals surface area (Å²) in [6.45, 7) is 0.656. The van der Waals surface area contributed by atoms with Gasteiger partial charge < -0.3 is 9.47 Å². The van der Waals surface area contributed by atoms with E-state index in [9.17, 15) is 4.79 Å². The fourth-order valence-electron chi connectivity index (χ4n) is 2.21. The molecule has 0 bridgehead atoms. The molecule has 0 spiro atoms. The molecule has 7 heteroatoms. The summed E-state index contributed by atoms with van der Waals surface area (Å²) in [6, 6.07) is 10.7. The molecule has 126 valence electrons. The number of aromatic nitrogens is 1. The molecule has 1 aromatic carbocycles.